The van der Waals surface area contributed by atoms with Crippen LogP contribution in [0.2, 0.25) is 0 Å². The zero-order chi connectivity index (χ0) is 30.9. The normalized spacial score (nSPS) is 11.8. The predicted molar refractivity (Wildman–Crippen MR) is 196 cm³/mol. The van der Waals surface area contributed by atoms with Gasteiger partial charge in [0, 0.05) is 32.8 Å². The summed E-state index contributed by atoms with van der Waals surface area (Å²) in [5.74, 6) is 0. The molecule has 0 saturated heterocycles. The summed E-state index contributed by atoms with van der Waals surface area (Å²) >= 11 is 0. The maximum Gasteiger partial charge on any atom is 0.145 e. The van der Waals surface area contributed by atoms with Gasteiger partial charge < -0.3 is 13.7 Å². The lowest BCUT2D eigenvalue weighted by Gasteiger charge is -2.28. The van der Waals surface area contributed by atoms with Crippen LogP contribution in [0, 0.1) is 0 Å². The van der Waals surface area contributed by atoms with Crippen molar-refractivity contribution in [1.29, 1.82) is 0 Å². The van der Waals surface area contributed by atoms with E-state index in [2.05, 4.69) is 150 Å². The molecule has 0 fully saturated rings. The molecule has 10 aromatic rings. The molecule has 0 saturated carbocycles. The highest BCUT2D eigenvalue weighted by molar-refractivity contribution is 6.19. The van der Waals surface area contributed by atoms with Crippen molar-refractivity contribution in [3.05, 3.63) is 164 Å². The average Bonchev–Trinajstić information content (AvgIpc) is 3.71. The predicted octanol–water partition coefficient (Wildman–Crippen LogP) is 12.9. The number of rotatable bonds is 4. The van der Waals surface area contributed by atoms with Crippen LogP contribution in [0.25, 0.3) is 76.5 Å². The van der Waals surface area contributed by atoms with Gasteiger partial charge >= 0.3 is 0 Å². The first kappa shape index (κ1) is 26.0. The smallest absolute Gasteiger partial charge is 0.145 e. The van der Waals surface area contributed by atoms with Gasteiger partial charge in [0.15, 0.2) is 0 Å². The molecule has 2 aromatic heterocycles. The Kier molecular flexibility index (Phi) is 5.57. The maximum atomic E-state index is 6.72. The minimum Gasteiger partial charge on any atom is -0.456 e. The van der Waals surface area contributed by atoms with Crippen molar-refractivity contribution in [2.75, 3.05) is 4.90 Å². The van der Waals surface area contributed by atoms with Crippen molar-refractivity contribution >= 4 is 82.5 Å². The molecule has 0 aliphatic rings. The monoisotopic (exact) mass is 601 g/mol. The molecule has 0 aliphatic heterocycles. The molecule has 10 rings (SSSR count). The van der Waals surface area contributed by atoms with Crippen LogP contribution >= 0.6 is 0 Å². The van der Waals surface area contributed by atoms with E-state index in [0.29, 0.717) is 0 Å². The molecule has 0 bridgehead atoms. The summed E-state index contributed by atoms with van der Waals surface area (Å²) in [6.45, 7) is 0. The Morgan fingerprint density at radius 1 is 0.383 bits per heavy atom. The number of nitrogens with zero attached hydrogens (tertiary/aromatic N) is 1. The summed E-state index contributed by atoms with van der Waals surface area (Å²) in [4.78, 5) is 2.40. The van der Waals surface area contributed by atoms with Gasteiger partial charge in [0.25, 0.3) is 0 Å². The Morgan fingerprint density at radius 3 is 1.96 bits per heavy atom. The van der Waals surface area contributed by atoms with E-state index in [-0.39, 0.29) is 0 Å². The minimum atomic E-state index is 0.868. The maximum absolute atomic E-state index is 6.72. The van der Waals surface area contributed by atoms with Crippen LogP contribution in [0.3, 0.4) is 0 Å². The van der Waals surface area contributed by atoms with Gasteiger partial charge in [0.05, 0.1) is 16.8 Å². The van der Waals surface area contributed by atoms with E-state index in [1.807, 2.05) is 18.2 Å². The molecule has 2 heterocycles. The van der Waals surface area contributed by atoms with E-state index < -0.39 is 0 Å². The lowest BCUT2D eigenvalue weighted by atomic mass is 9.97. The molecule has 220 valence electrons. The molecule has 3 heteroatoms. The van der Waals surface area contributed by atoms with Crippen LogP contribution in [0.15, 0.2) is 173 Å². The van der Waals surface area contributed by atoms with Crippen molar-refractivity contribution in [2.24, 2.45) is 0 Å². The van der Waals surface area contributed by atoms with Crippen molar-refractivity contribution in [3.8, 4) is 11.1 Å². The van der Waals surface area contributed by atoms with Crippen LogP contribution in [0.4, 0.5) is 17.1 Å². The second kappa shape index (κ2) is 10.1. The van der Waals surface area contributed by atoms with Crippen LogP contribution in [-0.4, -0.2) is 0 Å². The van der Waals surface area contributed by atoms with E-state index in [0.717, 1.165) is 72.1 Å². The number of para-hydroxylation sites is 2. The van der Waals surface area contributed by atoms with Crippen LogP contribution in [0.5, 0.6) is 0 Å². The second-order valence-corrected chi connectivity index (χ2v) is 12.1. The van der Waals surface area contributed by atoms with E-state index >= 15 is 0 Å². The fourth-order valence-corrected chi connectivity index (χ4v) is 7.32. The Labute approximate surface area is 270 Å². The summed E-state index contributed by atoms with van der Waals surface area (Å²) in [6.07, 6.45) is 0. The highest BCUT2D eigenvalue weighted by Crippen LogP contribution is 2.48. The van der Waals surface area contributed by atoms with Crippen molar-refractivity contribution in [1.82, 2.24) is 0 Å². The van der Waals surface area contributed by atoms with Crippen LogP contribution in [0.1, 0.15) is 0 Å². The van der Waals surface area contributed by atoms with Gasteiger partial charge in [-0.25, -0.2) is 0 Å². The lowest BCUT2D eigenvalue weighted by molar-refractivity contribution is 0.669. The fourth-order valence-electron chi connectivity index (χ4n) is 7.32. The number of fused-ring (bicyclic) bond motifs is 9. The molecule has 0 spiro atoms. The standard InChI is InChI=1S/C44H27NO2/c1-2-11-28(12-3-1)32-24-25-39(43-36-16-7-9-20-41(36)47-44(32)43)45(30-22-26-42-37(27-30)35-15-6-8-19-40(35)46-42)38-18-10-17-33-31-14-5-4-13-29(31)21-23-34(33)38/h1-27H. The highest BCUT2D eigenvalue weighted by atomic mass is 16.3. The topological polar surface area (TPSA) is 29.5 Å². The molecular weight excluding hydrogens is 574 g/mol. The molecule has 0 amide bonds. The van der Waals surface area contributed by atoms with Crippen molar-refractivity contribution in [2.45, 2.75) is 0 Å². The van der Waals surface area contributed by atoms with E-state index in [4.69, 9.17) is 8.83 Å². The first-order valence-corrected chi connectivity index (χ1v) is 15.9. The molecule has 3 nitrogen and oxygen atoms in total. The molecule has 0 aliphatic carbocycles. The lowest BCUT2D eigenvalue weighted by Crippen LogP contribution is -2.11. The zero-order valence-electron chi connectivity index (χ0n) is 25.4. The summed E-state index contributed by atoms with van der Waals surface area (Å²) < 4.78 is 13.0. The second-order valence-electron chi connectivity index (χ2n) is 12.1. The van der Waals surface area contributed by atoms with Gasteiger partial charge in [-0.1, -0.05) is 115 Å². The fraction of sp³-hybridized carbons (Fsp3) is 0. The van der Waals surface area contributed by atoms with E-state index in [1.165, 1.54) is 21.5 Å². The first-order valence-electron chi connectivity index (χ1n) is 15.9. The summed E-state index contributed by atoms with van der Waals surface area (Å²) in [5, 5.41) is 9.21. The van der Waals surface area contributed by atoms with E-state index in [9.17, 15) is 0 Å². The van der Waals surface area contributed by atoms with Gasteiger partial charge in [-0.3, -0.25) is 0 Å². The molecule has 0 atom stereocenters. The van der Waals surface area contributed by atoms with Crippen LogP contribution < -0.4 is 4.90 Å². The highest BCUT2D eigenvalue weighted by Gasteiger charge is 2.24. The summed E-state index contributed by atoms with van der Waals surface area (Å²) in [7, 11) is 0. The Hall–Kier alpha value is -6.32. The molecule has 0 N–H and O–H groups in total. The van der Waals surface area contributed by atoms with Gasteiger partial charge in [0.1, 0.15) is 22.3 Å². The molecule has 0 radical (unpaired) electrons. The Morgan fingerprint density at radius 2 is 1.09 bits per heavy atom. The van der Waals surface area contributed by atoms with Crippen molar-refractivity contribution in [3.63, 3.8) is 0 Å². The molecule has 8 aromatic carbocycles. The number of furan rings is 2. The SMILES string of the molecule is c1ccc(-c2ccc(N(c3ccc4oc5ccccc5c4c3)c3cccc4c3ccc3ccccc34)c3c2oc2ccccc23)cc1. The largest absolute Gasteiger partial charge is 0.456 e. The molecular formula is C44H27NO2. The number of hydrogen-bond acceptors (Lipinski definition) is 3. The Bertz CT molecular complexity index is 2810. The van der Waals surface area contributed by atoms with Gasteiger partial charge in [0.2, 0.25) is 0 Å². The van der Waals surface area contributed by atoms with Crippen LogP contribution in [-0.2, 0) is 0 Å². The zero-order valence-corrected chi connectivity index (χ0v) is 25.4. The van der Waals surface area contributed by atoms with Crippen molar-refractivity contribution < 1.29 is 8.83 Å². The molecule has 47 heavy (non-hydrogen) atoms. The van der Waals surface area contributed by atoms with E-state index in [1.54, 1.807) is 0 Å². The minimum absolute atomic E-state index is 0.868. The third-order valence-corrected chi connectivity index (χ3v) is 9.45. The molecule has 0 unspecified atom stereocenters. The van der Waals surface area contributed by atoms with Gasteiger partial charge in [-0.15, -0.1) is 0 Å². The number of hydrogen-bond donors (Lipinski definition) is 0. The summed E-state index contributed by atoms with van der Waals surface area (Å²) in [6, 6.07) is 57.8. The number of benzene rings is 8. The van der Waals surface area contributed by atoms with Gasteiger partial charge in [-0.05, 0) is 70.3 Å². The first-order chi connectivity index (χ1) is 23.3. The Balaban J connectivity index is 1.33. The quantitative estimate of drug-likeness (QED) is 0.188. The number of anilines is 3. The third kappa shape index (κ3) is 3.93. The third-order valence-electron chi connectivity index (χ3n) is 9.45. The average molecular weight is 602 g/mol. The van der Waals surface area contributed by atoms with Gasteiger partial charge in [-0.2, -0.15) is 0 Å². The summed E-state index contributed by atoms with van der Waals surface area (Å²) in [5.41, 5.74) is 8.89.